The molecule has 98 valence electrons. The Morgan fingerprint density at radius 3 is 2.59 bits per heavy atom. The maximum Gasteiger partial charge on any atom is 0.265 e. The highest BCUT2D eigenvalue weighted by Gasteiger charge is 2.17. The van der Waals surface area contributed by atoms with Gasteiger partial charge in [-0.1, -0.05) is 46.4 Å². The summed E-state index contributed by atoms with van der Waals surface area (Å²) in [5.41, 5.74) is 1.01. The summed E-state index contributed by atoms with van der Waals surface area (Å²) in [5.74, 6) is 1.93. The van der Waals surface area contributed by atoms with E-state index in [2.05, 4.69) is 9.97 Å². The molecular formula is C12H22N2OS2. The molecule has 0 radical (unpaired) electrons. The van der Waals surface area contributed by atoms with Crippen LogP contribution in [0.1, 0.15) is 40.3 Å². The van der Waals surface area contributed by atoms with Gasteiger partial charge in [0.15, 0.2) is 5.16 Å². The largest absolute Gasteiger partial charge is 0.300 e. The number of aromatic nitrogens is 2. The second-order valence-electron chi connectivity index (χ2n) is 2.68. The molecular weight excluding hydrogens is 252 g/mol. The predicted molar refractivity (Wildman–Crippen MR) is 78.4 cm³/mol. The molecule has 2 rings (SSSR count). The van der Waals surface area contributed by atoms with E-state index in [-0.39, 0.29) is 5.56 Å². The lowest BCUT2D eigenvalue weighted by Gasteiger charge is -2.00. The van der Waals surface area contributed by atoms with E-state index in [1.807, 2.05) is 34.6 Å². The number of H-pyrrole nitrogens is 1. The quantitative estimate of drug-likeness (QED) is 0.661. The van der Waals surface area contributed by atoms with Crippen molar-refractivity contribution in [2.24, 2.45) is 0 Å². The Bertz CT molecular complexity index is 377. The van der Waals surface area contributed by atoms with Crippen molar-refractivity contribution in [2.75, 3.05) is 11.5 Å². The number of hydrogen-bond donors (Lipinski definition) is 1. The summed E-state index contributed by atoms with van der Waals surface area (Å²) < 4.78 is 0. The number of nitrogens with one attached hydrogen (secondary N) is 1. The number of aromatic amines is 1. The molecule has 0 fully saturated rings. The third kappa shape index (κ3) is 4.76. The Hall–Kier alpha value is -0.420. The zero-order valence-electron chi connectivity index (χ0n) is 11.3. The van der Waals surface area contributed by atoms with E-state index in [0.29, 0.717) is 0 Å². The monoisotopic (exact) mass is 274 g/mol. The lowest BCUT2D eigenvalue weighted by Crippen LogP contribution is -2.12. The van der Waals surface area contributed by atoms with Crippen LogP contribution < -0.4 is 5.56 Å². The first-order chi connectivity index (χ1) is 8.31. The first kappa shape index (κ1) is 16.6. The number of hydrogen-bond acceptors (Lipinski definition) is 4. The molecule has 3 nitrogen and oxygen atoms in total. The summed E-state index contributed by atoms with van der Waals surface area (Å²) in [5, 5.41) is 0.758. The molecule has 0 saturated carbocycles. The van der Waals surface area contributed by atoms with Crippen LogP contribution in [-0.2, 0) is 6.42 Å². The standard InChI is InChI=1S/C8H10N2OS2.2C2H6/c1-2-12-8-9-5-3-4-13-6(5)7(11)10-8;2*1-2/h2-4H2,1H3,(H,9,10,11);2*1-2H3. The van der Waals surface area contributed by atoms with Crippen LogP contribution in [0, 0.1) is 0 Å². The molecule has 1 aromatic heterocycles. The van der Waals surface area contributed by atoms with Crippen LogP contribution in [0.3, 0.4) is 0 Å². The number of thioether (sulfide) groups is 2. The molecule has 0 bridgehead atoms. The molecule has 17 heavy (non-hydrogen) atoms. The first-order valence-electron chi connectivity index (χ1n) is 6.20. The van der Waals surface area contributed by atoms with Crippen molar-refractivity contribution in [1.29, 1.82) is 0 Å². The number of nitrogens with zero attached hydrogens (tertiary/aromatic N) is 1. The van der Waals surface area contributed by atoms with Crippen LogP contribution in [0.2, 0.25) is 0 Å². The highest BCUT2D eigenvalue weighted by molar-refractivity contribution is 7.99. The number of aryl methyl sites for hydroxylation is 1. The highest BCUT2D eigenvalue weighted by atomic mass is 32.2. The summed E-state index contributed by atoms with van der Waals surface area (Å²) >= 11 is 3.19. The van der Waals surface area contributed by atoms with E-state index >= 15 is 0 Å². The second kappa shape index (κ2) is 9.59. The Balaban J connectivity index is 0.000000581. The average Bonchev–Trinajstić information content (AvgIpc) is 2.83. The van der Waals surface area contributed by atoms with E-state index in [0.717, 1.165) is 33.7 Å². The van der Waals surface area contributed by atoms with Crippen molar-refractivity contribution < 1.29 is 0 Å². The minimum absolute atomic E-state index is 0.0310. The highest BCUT2D eigenvalue weighted by Crippen LogP contribution is 2.27. The Labute approximate surface area is 112 Å². The SMILES string of the molecule is CC.CC.CCSc1nc2c(c(=O)[nH]1)SCC2. The van der Waals surface area contributed by atoms with Crippen LogP contribution in [0.25, 0.3) is 0 Å². The molecule has 0 unspecified atom stereocenters. The first-order valence-corrected chi connectivity index (χ1v) is 8.17. The average molecular weight is 274 g/mol. The van der Waals surface area contributed by atoms with Gasteiger partial charge in [-0.15, -0.1) is 11.8 Å². The number of fused-ring (bicyclic) bond motifs is 1. The maximum atomic E-state index is 11.5. The maximum absolute atomic E-state index is 11.5. The van der Waals surface area contributed by atoms with Crippen LogP contribution >= 0.6 is 23.5 Å². The topological polar surface area (TPSA) is 45.8 Å². The summed E-state index contributed by atoms with van der Waals surface area (Å²) in [6, 6.07) is 0. The molecule has 0 aromatic carbocycles. The number of rotatable bonds is 2. The fourth-order valence-electron chi connectivity index (χ4n) is 1.26. The van der Waals surface area contributed by atoms with Crippen molar-refractivity contribution in [2.45, 2.75) is 51.1 Å². The van der Waals surface area contributed by atoms with Gasteiger partial charge in [0.25, 0.3) is 5.56 Å². The van der Waals surface area contributed by atoms with Crippen LogP contribution in [-0.4, -0.2) is 21.5 Å². The van der Waals surface area contributed by atoms with Gasteiger partial charge in [0, 0.05) is 12.2 Å². The van der Waals surface area contributed by atoms with Crippen molar-refractivity contribution >= 4 is 23.5 Å². The van der Waals surface area contributed by atoms with Crippen LogP contribution in [0.5, 0.6) is 0 Å². The van der Waals surface area contributed by atoms with Gasteiger partial charge in [-0.3, -0.25) is 4.79 Å². The lowest BCUT2D eigenvalue weighted by atomic mass is 10.3. The van der Waals surface area contributed by atoms with Crippen molar-refractivity contribution in [3.05, 3.63) is 16.0 Å². The molecule has 1 aromatic rings. The fraction of sp³-hybridized carbons (Fsp3) is 0.667. The molecule has 0 atom stereocenters. The zero-order valence-corrected chi connectivity index (χ0v) is 12.9. The fourth-order valence-corrected chi connectivity index (χ4v) is 2.87. The van der Waals surface area contributed by atoms with E-state index in [9.17, 15) is 4.79 Å². The van der Waals surface area contributed by atoms with E-state index < -0.39 is 0 Å². The summed E-state index contributed by atoms with van der Waals surface area (Å²) in [4.78, 5) is 19.5. The normalized spacial score (nSPS) is 11.8. The third-order valence-electron chi connectivity index (χ3n) is 1.79. The molecule has 1 N–H and O–H groups in total. The van der Waals surface area contributed by atoms with Gasteiger partial charge in [-0.05, 0) is 5.75 Å². The smallest absolute Gasteiger partial charge is 0.265 e. The minimum atomic E-state index is 0.0310. The van der Waals surface area contributed by atoms with Gasteiger partial charge in [-0.25, -0.2) is 4.98 Å². The van der Waals surface area contributed by atoms with Crippen LogP contribution in [0.4, 0.5) is 0 Å². The molecule has 2 heterocycles. The van der Waals surface area contributed by atoms with Gasteiger partial charge in [0.1, 0.15) is 0 Å². The van der Waals surface area contributed by atoms with E-state index in [4.69, 9.17) is 0 Å². The van der Waals surface area contributed by atoms with Gasteiger partial charge in [0.05, 0.1) is 10.6 Å². The predicted octanol–water partition coefficient (Wildman–Crippen LogP) is 3.58. The molecule has 0 amide bonds. The van der Waals surface area contributed by atoms with Crippen molar-refractivity contribution in [3.63, 3.8) is 0 Å². The molecule has 5 heteroatoms. The molecule has 0 spiro atoms. The molecule has 1 aliphatic rings. The lowest BCUT2D eigenvalue weighted by molar-refractivity contribution is 0.839. The van der Waals surface area contributed by atoms with Gasteiger partial charge >= 0.3 is 0 Å². The van der Waals surface area contributed by atoms with Gasteiger partial charge in [0.2, 0.25) is 0 Å². The Kier molecular flexibility index (Phi) is 9.36. The summed E-state index contributed by atoms with van der Waals surface area (Å²) in [7, 11) is 0. The molecule has 0 saturated heterocycles. The minimum Gasteiger partial charge on any atom is -0.300 e. The van der Waals surface area contributed by atoms with Crippen LogP contribution in [0.15, 0.2) is 14.8 Å². The second-order valence-corrected chi connectivity index (χ2v) is 5.04. The Morgan fingerprint density at radius 2 is 2.00 bits per heavy atom. The van der Waals surface area contributed by atoms with E-state index in [1.165, 1.54) is 0 Å². The third-order valence-corrected chi connectivity index (χ3v) is 3.67. The van der Waals surface area contributed by atoms with Crippen molar-refractivity contribution in [3.8, 4) is 0 Å². The van der Waals surface area contributed by atoms with Crippen molar-refractivity contribution in [1.82, 2.24) is 9.97 Å². The molecule has 0 aliphatic carbocycles. The summed E-state index contributed by atoms with van der Waals surface area (Å²) in [6.45, 7) is 10.0. The van der Waals surface area contributed by atoms with E-state index in [1.54, 1.807) is 23.5 Å². The molecule has 1 aliphatic heterocycles. The zero-order chi connectivity index (χ0) is 13.3. The van der Waals surface area contributed by atoms with Gasteiger partial charge in [-0.2, -0.15) is 0 Å². The summed E-state index contributed by atoms with van der Waals surface area (Å²) in [6.07, 6.45) is 0.932. The van der Waals surface area contributed by atoms with Gasteiger partial charge < -0.3 is 4.98 Å². The Morgan fingerprint density at radius 1 is 1.35 bits per heavy atom.